The van der Waals surface area contributed by atoms with Crippen molar-refractivity contribution in [2.24, 2.45) is 0 Å². The predicted molar refractivity (Wildman–Crippen MR) is 69.7 cm³/mol. The molecule has 0 aliphatic heterocycles. The molecule has 3 aromatic rings. The molecule has 19 heavy (non-hydrogen) atoms. The number of pyridine rings is 1. The largest absolute Gasteiger partial charge is 0.315 e. The Morgan fingerprint density at radius 3 is 2.95 bits per heavy atom. The van der Waals surface area contributed by atoms with E-state index in [9.17, 15) is 4.39 Å². The Balaban J connectivity index is 1.84. The molecule has 0 aromatic carbocycles. The Morgan fingerprint density at radius 2 is 2.21 bits per heavy atom. The lowest BCUT2D eigenvalue weighted by molar-refractivity contribution is 0.585. The van der Waals surface area contributed by atoms with Crippen molar-refractivity contribution in [3.63, 3.8) is 0 Å². The van der Waals surface area contributed by atoms with Gasteiger partial charge in [-0.05, 0) is 19.1 Å². The molecule has 6 nitrogen and oxygen atoms in total. The second-order valence-electron chi connectivity index (χ2n) is 3.78. The lowest BCUT2D eigenvalue weighted by Crippen LogP contribution is -1.94. The number of nitrogens with zero attached hydrogens (tertiary/aromatic N) is 4. The molecule has 8 heteroatoms. The van der Waals surface area contributed by atoms with Crippen LogP contribution >= 0.6 is 11.5 Å². The maximum atomic E-state index is 13.0. The highest BCUT2D eigenvalue weighted by Crippen LogP contribution is 2.24. The van der Waals surface area contributed by atoms with Crippen molar-refractivity contribution >= 4 is 22.5 Å². The standard InChI is InChI=1S/C11H9FN6S/c1-6-7(5-13-17-6)10-16-11(19-18-10)15-9-4-2-3-8(12)14-9/h2-5H,1H3,(H,13,17)(H,14,15,16,18). The zero-order chi connectivity index (χ0) is 13.2. The normalized spacial score (nSPS) is 10.6. The van der Waals surface area contributed by atoms with E-state index in [2.05, 4.69) is 29.9 Å². The van der Waals surface area contributed by atoms with Crippen LogP contribution in [-0.2, 0) is 0 Å². The van der Waals surface area contributed by atoms with Gasteiger partial charge in [0.2, 0.25) is 11.1 Å². The first kappa shape index (κ1) is 11.7. The van der Waals surface area contributed by atoms with E-state index < -0.39 is 5.95 Å². The van der Waals surface area contributed by atoms with Crippen molar-refractivity contribution in [2.75, 3.05) is 5.32 Å². The van der Waals surface area contributed by atoms with Gasteiger partial charge in [0.05, 0.1) is 11.3 Å². The maximum Gasteiger partial charge on any atom is 0.214 e. The van der Waals surface area contributed by atoms with Crippen LogP contribution in [0.3, 0.4) is 0 Å². The lowest BCUT2D eigenvalue weighted by Gasteiger charge is -1.99. The second kappa shape index (κ2) is 4.73. The van der Waals surface area contributed by atoms with Gasteiger partial charge >= 0.3 is 0 Å². The number of hydrogen-bond donors (Lipinski definition) is 2. The van der Waals surface area contributed by atoms with Gasteiger partial charge in [-0.1, -0.05) is 6.07 Å². The fourth-order valence-electron chi connectivity index (χ4n) is 1.56. The molecule has 0 saturated carbocycles. The molecule has 0 radical (unpaired) electrons. The van der Waals surface area contributed by atoms with Gasteiger partial charge in [0.1, 0.15) is 5.82 Å². The third kappa shape index (κ3) is 2.43. The quantitative estimate of drug-likeness (QED) is 0.718. The second-order valence-corrected chi connectivity index (χ2v) is 4.53. The van der Waals surface area contributed by atoms with E-state index in [0.717, 1.165) is 11.3 Å². The van der Waals surface area contributed by atoms with Gasteiger partial charge in [0, 0.05) is 17.7 Å². The van der Waals surface area contributed by atoms with Gasteiger partial charge < -0.3 is 5.32 Å². The van der Waals surface area contributed by atoms with E-state index in [0.29, 0.717) is 16.8 Å². The molecule has 3 aromatic heterocycles. The van der Waals surface area contributed by atoms with Crippen molar-refractivity contribution < 1.29 is 4.39 Å². The molecular formula is C11H9FN6S. The van der Waals surface area contributed by atoms with Crippen molar-refractivity contribution in [3.05, 3.63) is 36.0 Å². The van der Waals surface area contributed by atoms with Crippen LogP contribution in [0.5, 0.6) is 0 Å². The van der Waals surface area contributed by atoms with Crippen molar-refractivity contribution in [2.45, 2.75) is 6.92 Å². The van der Waals surface area contributed by atoms with Crippen molar-refractivity contribution in [1.29, 1.82) is 0 Å². The molecule has 3 heterocycles. The number of aromatic nitrogens is 5. The molecule has 0 aliphatic carbocycles. The summed E-state index contributed by atoms with van der Waals surface area (Å²) in [6, 6.07) is 4.52. The number of rotatable bonds is 3. The summed E-state index contributed by atoms with van der Waals surface area (Å²) in [5.74, 6) is 0.433. The first-order valence-electron chi connectivity index (χ1n) is 5.46. The molecule has 3 rings (SSSR count). The highest BCUT2D eigenvalue weighted by atomic mass is 32.1. The fourth-order valence-corrected chi connectivity index (χ4v) is 2.15. The van der Waals surface area contributed by atoms with Gasteiger partial charge in [-0.15, -0.1) is 0 Å². The Labute approximate surface area is 111 Å². The zero-order valence-corrected chi connectivity index (χ0v) is 10.7. The summed E-state index contributed by atoms with van der Waals surface area (Å²) in [5, 5.41) is 10.2. The van der Waals surface area contributed by atoms with E-state index in [1.165, 1.54) is 17.6 Å². The number of hydrogen-bond acceptors (Lipinski definition) is 6. The van der Waals surface area contributed by atoms with Crippen LogP contribution in [0.15, 0.2) is 24.4 Å². The number of anilines is 2. The summed E-state index contributed by atoms with van der Waals surface area (Å²) in [7, 11) is 0. The van der Waals surface area contributed by atoms with Gasteiger partial charge in [-0.3, -0.25) is 5.10 Å². The fraction of sp³-hybridized carbons (Fsp3) is 0.0909. The molecule has 0 aliphatic rings. The molecule has 0 fully saturated rings. The summed E-state index contributed by atoms with van der Waals surface area (Å²) in [5.41, 5.74) is 1.67. The van der Waals surface area contributed by atoms with E-state index in [-0.39, 0.29) is 0 Å². The molecule has 0 saturated heterocycles. The van der Waals surface area contributed by atoms with E-state index >= 15 is 0 Å². The first-order chi connectivity index (χ1) is 9.22. The minimum Gasteiger partial charge on any atom is -0.315 e. The van der Waals surface area contributed by atoms with Crippen LogP contribution in [0.4, 0.5) is 15.3 Å². The molecule has 0 amide bonds. The first-order valence-corrected chi connectivity index (χ1v) is 6.24. The van der Waals surface area contributed by atoms with Crippen LogP contribution in [0, 0.1) is 12.9 Å². The van der Waals surface area contributed by atoms with Crippen molar-refractivity contribution in [1.82, 2.24) is 24.5 Å². The molecule has 0 bridgehead atoms. The maximum absolute atomic E-state index is 13.0. The van der Waals surface area contributed by atoms with Crippen LogP contribution in [0.25, 0.3) is 11.4 Å². The number of aryl methyl sites for hydroxylation is 1. The van der Waals surface area contributed by atoms with E-state index in [1.54, 1.807) is 18.3 Å². The minimum absolute atomic E-state index is 0.395. The highest BCUT2D eigenvalue weighted by molar-refractivity contribution is 7.09. The molecule has 0 unspecified atom stereocenters. The molecular weight excluding hydrogens is 267 g/mol. The average molecular weight is 276 g/mol. The Bertz CT molecular complexity index is 707. The number of aromatic amines is 1. The zero-order valence-electron chi connectivity index (χ0n) is 9.88. The smallest absolute Gasteiger partial charge is 0.214 e. The molecule has 0 atom stereocenters. The van der Waals surface area contributed by atoms with E-state index in [1.807, 2.05) is 6.92 Å². The minimum atomic E-state index is -0.541. The van der Waals surface area contributed by atoms with Gasteiger partial charge in [-0.25, -0.2) is 4.98 Å². The summed E-state index contributed by atoms with van der Waals surface area (Å²) in [6.45, 7) is 1.87. The highest BCUT2D eigenvalue weighted by Gasteiger charge is 2.11. The Hall–Kier alpha value is -2.35. The number of nitrogens with one attached hydrogen (secondary N) is 2. The SMILES string of the molecule is Cc1n[nH]cc1-c1nsc(Nc2cccc(F)n2)n1. The summed E-state index contributed by atoms with van der Waals surface area (Å²) in [6.07, 6.45) is 1.74. The summed E-state index contributed by atoms with van der Waals surface area (Å²) >= 11 is 1.18. The Morgan fingerprint density at radius 1 is 1.32 bits per heavy atom. The lowest BCUT2D eigenvalue weighted by atomic mass is 10.2. The molecule has 96 valence electrons. The van der Waals surface area contributed by atoms with Gasteiger partial charge in [0.25, 0.3) is 0 Å². The van der Waals surface area contributed by atoms with Gasteiger partial charge in [-0.2, -0.15) is 18.8 Å². The summed E-state index contributed by atoms with van der Waals surface area (Å²) in [4.78, 5) is 8.01. The Kier molecular flexibility index (Phi) is 2.92. The van der Waals surface area contributed by atoms with Crippen molar-refractivity contribution in [3.8, 4) is 11.4 Å². The average Bonchev–Trinajstić information content (AvgIpc) is 2.98. The van der Waals surface area contributed by atoms with Crippen LogP contribution in [-0.4, -0.2) is 24.5 Å². The topological polar surface area (TPSA) is 79.4 Å². The van der Waals surface area contributed by atoms with Crippen LogP contribution in [0.1, 0.15) is 5.69 Å². The number of H-pyrrole nitrogens is 1. The third-order valence-electron chi connectivity index (χ3n) is 2.45. The third-order valence-corrected chi connectivity index (χ3v) is 3.08. The van der Waals surface area contributed by atoms with Crippen LogP contribution in [0.2, 0.25) is 0 Å². The summed E-state index contributed by atoms with van der Waals surface area (Å²) < 4.78 is 17.2. The monoisotopic (exact) mass is 276 g/mol. The molecule has 0 spiro atoms. The van der Waals surface area contributed by atoms with Gasteiger partial charge in [0.15, 0.2) is 5.82 Å². The number of halogens is 1. The van der Waals surface area contributed by atoms with E-state index in [4.69, 9.17) is 0 Å². The molecule has 2 N–H and O–H groups in total. The van der Waals surface area contributed by atoms with Crippen LogP contribution < -0.4 is 5.32 Å². The predicted octanol–water partition coefficient (Wildman–Crippen LogP) is 2.51.